The zero-order valence-corrected chi connectivity index (χ0v) is 9.55. The largest absolute Gasteiger partial charge is 0.305 e. The van der Waals surface area contributed by atoms with Gasteiger partial charge in [-0.15, -0.1) is 0 Å². The average molecular weight is 185 g/mol. The SMILES string of the molecule is CC(=O)[C@H](CCC(C)C)NC(C)C. The van der Waals surface area contributed by atoms with E-state index in [4.69, 9.17) is 0 Å². The molecule has 0 aliphatic heterocycles. The normalized spacial score (nSPS) is 13.8. The van der Waals surface area contributed by atoms with Crippen LogP contribution in [-0.4, -0.2) is 17.9 Å². The van der Waals surface area contributed by atoms with E-state index in [0.717, 1.165) is 12.8 Å². The van der Waals surface area contributed by atoms with Crippen LogP contribution in [0.1, 0.15) is 47.5 Å². The Balaban J connectivity index is 3.88. The Hall–Kier alpha value is -0.370. The second-order valence-corrected chi connectivity index (χ2v) is 4.46. The van der Waals surface area contributed by atoms with Crippen molar-refractivity contribution < 1.29 is 4.79 Å². The standard InChI is InChI=1S/C11H23NO/c1-8(2)6-7-11(10(5)13)12-9(3)4/h8-9,11-12H,6-7H2,1-5H3/t11-/m0/s1. The third-order valence-electron chi connectivity index (χ3n) is 2.06. The second-order valence-electron chi connectivity index (χ2n) is 4.46. The third kappa shape index (κ3) is 6.76. The molecule has 78 valence electrons. The van der Waals surface area contributed by atoms with Gasteiger partial charge in [-0.05, 0) is 25.7 Å². The minimum Gasteiger partial charge on any atom is -0.305 e. The number of Topliss-reactive ketones (excluding diaryl/α,β-unsaturated/α-hetero) is 1. The Morgan fingerprint density at radius 2 is 1.69 bits per heavy atom. The summed E-state index contributed by atoms with van der Waals surface area (Å²) in [7, 11) is 0. The molecule has 1 N–H and O–H groups in total. The molecule has 0 bridgehead atoms. The van der Waals surface area contributed by atoms with Gasteiger partial charge in [-0.25, -0.2) is 0 Å². The Bertz CT molecular complexity index is 152. The minimum atomic E-state index is 0.0578. The predicted molar refractivity (Wildman–Crippen MR) is 56.8 cm³/mol. The summed E-state index contributed by atoms with van der Waals surface area (Å²) < 4.78 is 0. The summed E-state index contributed by atoms with van der Waals surface area (Å²) in [6.07, 6.45) is 2.08. The van der Waals surface area contributed by atoms with Crippen molar-refractivity contribution in [2.75, 3.05) is 0 Å². The van der Waals surface area contributed by atoms with Crippen LogP contribution in [0.3, 0.4) is 0 Å². The molecule has 0 aliphatic rings. The quantitative estimate of drug-likeness (QED) is 0.688. The topological polar surface area (TPSA) is 29.1 Å². The molecule has 1 atom stereocenters. The third-order valence-corrected chi connectivity index (χ3v) is 2.06. The van der Waals surface area contributed by atoms with Gasteiger partial charge in [0, 0.05) is 6.04 Å². The van der Waals surface area contributed by atoms with Crippen molar-refractivity contribution in [2.24, 2.45) is 5.92 Å². The summed E-state index contributed by atoms with van der Waals surface area (Å²) in [4.78, 5) is 11.2. The first kappa shape index (κ1) is 12.6. The highest BCUT2D eigenvalue weighted by atomic mass is 16.1. The molecule has 13 heavy (non-hydrogen) atoms. The summed E-state index contributed by atoms with van der Waals surface area (Å²) in [5.41, 5.74) is 0. The number of carbonyl (C=O) groups is 1. The molecule has 0 spiro atoms. The highest BCUT2D eigenvalue weighted by molar-refractivity contribution is 5.81. The van der Waals surface area contributed by atoms with Crippen LogP contribution < -0.4 is 5.32 Å². The highest BCUT2D eigenvalue weighted by Gasteiger charge is 2.14. The highest BCUT2D eigenvalue weighted by Crippen LogP contribution is 2.08. The molecule has 0 radical (unpaired) electrons. The van der Waals surface area contributed by atoms with E-state index in [1.54, 1.807) is 6.92 Å². The van der Waals surface area contributed by atoms with Crippen LogP contribution in [0.2, 0.25) is 0 Å². The van der Waals surface area contributed by atoms with Crippen molar-refractivity contribution in [3.05, 3.63) is 0 Å². The summed E-state index contributed by atoms with van der Waals surface area (Å²) >= 11 is 0. The van der Waals surface area contributed by atoms with Gasteiger partial charge in [-0.2, -0.15) is 0 Å². The first-order chi connectivity index (χ1) is 5.93. The number of hydrogen-bond acceptors (Lipinski definition) is 2. The number of rotatable bonds is 6. The fourth-order valence-corrected chi connectivity index (χ4v) is 1.31. The molecule has 2 heteroatoms. The van der Waals surface area contributed by atoms with Gasteiger partial charge < -0.3 is 5.32 Å². The van der Waals surface area contributed by atoms with Gasteiger partial charge in [0.2, 0.25) is 0 Å². The molecule has 0 aromatic heterocycles. The summed E-state index contributed by atoms with van der Waals surface area (Å²) in [6.45, 7) is 10.2. The number of nitrogens with one attached hydrogen (secondary N) is 1. The maximum Gasteiger partial charge on any atom is 0.146 e. The monoisotopic (exact) mass is 185 g/mol. The van der Waals surface area contributed by atoms with E-state index in [-0.39, 0.29) is 11.8 Å². The molecule has 0 aromatic rings. The number of ketones is 1. The fraction of sp³-hybridized carbons (Fsp3) is 0.909. The van der Waals surface area contributed by atoms with Crippen LogP contribution in [0.25, 0.3) is 0 Å². The van der Waals surface area contributed by atoms with Gasteiger partial charge in [0.05, 0.1) is 6.04 Å². The van der Waals surface area contributed by atoms with Crippen molar-refractivity contribution in [1.29, 1.82) is 0 Å². The predicted octanol–water partition coefficient (Wildman–Crippen LogP) is 2.38. The van der Waals surface area contributed by atoms with Gasteiger partial charge in [0.25, 0.3) is 0 Å². The van der Waals surface area contributed by atoms with Crippen molar-refractivity contribution in [3.8, 4) is 0 Å². The Morgan fingerprint density at radius 3 is 2.00 bits per heavy atom. The van der Waals surface area contributed by atoms with E-state index in [1.165, 1.54) is 0 Å². The van der Waals surface area contributed by atoms with Gasteiger partial charge >= 0.3 is 0 Å². The first-order valence-corrected chi connectivity index (χ1v) is 5.20. The molecule has 0 saturated heterocycles. The summed E-state index contributed by atoms with van der Waals surface area (Å²) in [6, 6.07) is 0.448. The van der Waals surface area contributed by atoms with Crippen molar-refractivity contribution in [1.82, 2.24) is 5.32 Å². The average Bonchev–Trinajstić information content (AvgIpc) is 1.96. The maximum absolute atomic E-state index is 11.2. The van der Waals surface area contributed by atoms with Gasteiger partial charge in [-0.3, -0.25) is 4.79 Å². The molecule has 0 aliphatic carbocycles. The molecule has 0 rings (SSSR count). The Labute approximate surface area is 82.1 Å². The van der Waals surface area contributed by atoms with E-state index >= 15 is 0 Å². The van der Waals surface area contributed by atoms with E-state index in [0.29, 0.717) is 12.0 Å². The Kier molecular flexibility index (Phi) is 5.97. The molecule has 0 saturated carbocycles. The molecular formula is C11H23NO. The lowest BCUT2D eigenvalue weighted by molar-refractivity contribution is -0.119. The van der Waals surface area contributed by atoms with E-state index in [9.17, 15) is 4.79 Å². The molecule has 0 fully saturated rings. The van der Waals surface area contributed by atoms with Crippen LogP contribution >= 0.6 is 0 Å². The summed E-state index contributed by atoms with van der Waals surface area (Å²) in [5, 5.41) is 3.29. The Morgan fingerprint density at radius 1 is 1.15 bits per heavy atom. The van der Waals surface area contributed by atoms with E-state index in [2.05, 4.69) is 33.0 Å². The van der Waals surface area contributed by atoms with Gasteiger partial charge in [0.15, 0.2) is 0 Å². The van der Waals surface area contributed by atoms with E-state index < -0.39 is 0 Å². The van der Waals surface area contributed by atoms with E-state index in [1.807, 2.05) is 0 Å². The lowest BCUT2D eigenvalue weighted by atomic mass is 10.0. The molecule has 0 unspecified atom stereocenters. The lowest BCUT2D eigenvalue weighted by Crippen LogP contribution is -2.39. The molecule has 0 amide bonds. The number of carbonyl (C=O) groups excluding carboxylic acids is 1. The maximum atomic E-state index is 11.2. The fourth-order valence-electron chi connectivity index (χ4n) is 1.31. The van der Waals surface area contributed by atoms with Crippen LogP contribution in [0.4, 0.5) is 0 Å². The lowest BCUT2D eigenvalue weighted by Gasteiger charge is -2.19. The van der Waals surface area contributed by atoms with Crippen molar-refractivity contribution >= 4 is 5.78 Å². The van der Waals surface area contributed by atoms with Crippen LogP contribution in [0.15, 0.2) is 0 Å². The van der Waals surface area contributed by atoms with Crippen molar-refractivity contribution in [3.63, 3.8) is 0 Å². The molecular weight excluding hydrogens is 162 g/mol. The van der Waals surface area contributed by atoms with Crippen LogP contribution in [0.5, 0.6) is 0 Å². The van der Waals surface area contributed by atoms with Crippen LogP contribution in [-0.2, 0) is 4.79 Å². The van der Waals surface area contributed by atoms with Gasteiger partial charge in [0.1, 0.15) is 5.78 Å². The molecule has 0 heterocycles. The molecule has 2 nitrogen and oxygen atoms in total. The van der Waals surface area contributed by atoms with Crippen molar-refractivity contribution in [2.45, 2.75) is 59.5 Å². The van der Waals surface area contributed by atoms with Gasteiger partial charge in [-0.1, -0.05) is 27.7 Å². The molecule has 0 aromatic carbocycles. The summed E-state index contributed by atoms with van der Waals surface area (Å²) in [5.74, 6) is 0.935. The first-order valence-electron chi connectivity index (χ1n) is 5.20. The smallest absolute Gasteiger partial charge is 0.146 e. The minimum absolute atomic E-state index is 0.0578. The zero-order chi connectivity index (χ0) is 10.4. The second kappa shape index (κ2) is 6.14. The zero-order valence-electron chi connectivity index (χ0n) is 9.55. The number of hydrogen-bond donors (Lipinski definition) is 1. The van der Waals surface area contributed by atoms with Crippen LogP contribution in [0, 0.1) is 5.92 Å².